The van der Waals surface area contributed by atoms with Crippen molar-refractivity contribution >= 4 is 10.0 Å². The van der Waals surface area contributed by atoms with Crippen molar-refractivity contribution in [3.8, 4) is 0 Å². The van der Waals surface area contributed by atoms with Crippen molar-refractivity contribution in [2.24, 2.45) is 0 Å². The van der Waals surface area contributed by atoms with Crippen LogP contribution in [-0.2, 0) is 10.0 Å². The molecule has 1 rings (SSSR count). The summed E-state index contributed by atoms with van der Waals surface area (Å²) in [5.74, 6) is -2.34. The van der Waals surface area contributed by atoms with Gasteiger partial charge in [-0.05, 0) is 32.0 Å². The molecule has 1 aromatic carbocycles. The van der Waals surface area contributed by atoms with Crippen LogP contribution in [0.2, 0.25) is 0 Å². The average Bonchev–Trinajstić information content (AvgIpc) is 2.31. The first-order valence-corrected chi connectivity index (χ1v) is 6.62. The summed E-state index contributed by atoms with van der Waals surface area (Å²) in [6.07, 6.45) is 0. The molecular weight excluding hydrogens is 264 g/mol. The number of hydrogen-bond donors (Lipinski definition) is 1. The lowest BCUT2D eigenvalue weighted by Gasteiger charge is -2.32. The maximum atomic E-state index is 13.0. The lowest BCUT2D eigenvalue weighted by Crippen LogP contribution is -2.47. The third-order valence-electron chi connectivity index (χ3n) is 2.79. The Balaban J connectivity index is 3.26. The van der Waals surface area contributed by atoms with Gasteiger partial charge in [-0.25, -0.2) is 17.2 Å². The molecule has 0 saturated heterocycles. The van der Waals surface area contributed by atoms with Crippen LogP contribution in [0.15, 0.2) is 23.1 Å². The van der Waals surface area contributed by atoms with Gasteiger partial charge in [0.05, 0.1) is 17.0 Å². The summed E-state index contributed by atoms with van der Waals surface area (Å²) in [7, 11) is -2.71. The number of benzene rings is 1. The molecule has 1 aromatic rings. The van der Waals surface area contributed by atoms with Crippen LogP contribution in [0.5, 0.6) is 0 Å². The van der Waals surface area contributed by atoms with Gasteiger partial charge in [0.25, 0.3) is 0 Å². The standard InChI is InChI=1S/C11H15F2NO3S/c1-11(2,7-15)14(3)18(16,17)8-4-5-9(12)10(13)6-8/h4-6,15H,7H2,1-3H3. The van der Waals surface area contributed by atoms with E-state index in [0.717, 1.165) is 16.4 Å². The van der Waals surface area contributed by atoms with Gasteiger partial charge in [-0.2, -0.15) is 4.31 Å². The summed E-state index contributed by atoms with van der Waals surface area (Å²) in [6, 6.07) is 2.36. The van der Waals surface area contributed by atoms with Crippen LogP contribution in [-0.4, -0.2) is 37.0 Å². The maximum absolute atomic E-state index is 13.0. The summed E-state index contributed by atoms with van der Waals surface area (Å²) in [5, 5.41) is 9.13. The number of likely N-dealkylation sites (N-methyl/N-ethyl adjacent to an activating group) is 1. The molecule has 4 nitrogen and oxygen atoms in total. The Labute approximate surface area is 105 Å². The molecule has 0 spiro atoms. The summed E-state index contributed by atoms with van der Waals surface area (Å²) in [6.45, 7) is 2.64. The van der Waals surface area contributed by atoms with Gasteiger partial charge in [-0.1, -0.05) is 0 Å². The van der Waals surface area contributed by atoms with Gasteiger partial charge < -0.3 is 5.11 Å². The molecule has 0 amide bonds. The first kappa shape index (κ1) is 15.0. The molecule has 0 aliphatic carbocycles. The predicted molar refractivity (Wildman–Crippen MR) is 62.5 cm³/mol. The second-order valence-corrected chi connectivity index (χ2v) is 6.49. The van der Waals surface area contributed by atoms with Gasteiger partial charge in [0.2, 0.25) is 10.0 Å². The van der Waals surface area contributed by atoms with E-state index in [0.29, 0.717) is 6.07 Å². The Morgan fingerprint density at radius 3 is 2.28 bits per heavy atom. The number of nitrogens with zero attached hydrogens (tertiary/aromatic N) is 1. The molecule has 0 atom stereocenters. The Morgan fingerprint density at radius 2 is 1.83 bits per heavy atom. The minimum atomic E-state index is -3.98. The summed E-state index contributed by atoms with van der Waals surface area (Å²) in [5.41, 5.74) is -1.04. The highest BCUT2D eigenvalue weighted by Gasteiger charge is 2.33. The smallest absolute Gasteiger partial charge is 0.243 e. The highest BCUT2D eigenvalue weighted by atomic mass is 32.2. The zero-order valence-electron chi connectivity index (χ0n) is 10.3. The number of halogens is 2. The monoisotopic (exact) mass is 279 g/mol. The summed E-state index contributed by atoms with van der Waals surface area (Å²) >= 11 is 0. The molecule has 0 aliphatic rings. The minimum Gasteiger partial charge on any atom is -0.394 e. The van der Waals surface area contributed by atoms with E-state index < -0.39 is 33.8 Å². The van der Waals surface area contributed by atoms with Crippen LogP contribution >= 0.6 is 0 Å². The topological polar surface area (TPSA) is 57.6 Å². The molecule has 1 N–H and O–H groups in total. The van der Waals surface area contributed by atoms with Crippen LogP contribution in [0.25, 0.3) is 0 Å². The molecule has 0 radical (unpaired) electrons. The molecule has 0 saturated carbocycles. The molecule has 102 valence electrons. The maximum Gasteiger partial charge on any atom is 0.243 e. The fourth-order valence-electron chi connectivity index (χ4n) is 1.22. The minimum absolute atomic E-state index is 0.356. The number of hydrogen-bond acceptors (Lipinski definition) is 3. The molecule has 0 fully saturated rings. The Morgan fingerprint density at radius 1 is 1.28 bits per heavy atom. The Hall–Kier alpha value is -1.05. The molecular formula is C11H15F2NO3S. The number of aliphatic hydroxyl groups excluding tert-OH is 1. The summed E-state index contributed by atoms with van der Waals surface area (Å²) < 4.78 is 51.0. The molecule has 0 aromatic heterocycles. The average molecular weight is 279 g/mol. The molecule has 18 heavy (non-hydrogen) atoms. The lowest BCUT2D eigenvalue weighted by atomic mass is 10.1. The van der Waals surface area contributed by atoms with Crippen LogP contribution in [0.3, 0.4) is 0 Å². The first-order chi connectivity index (χ1) is 8.13. The first-order valence-electron chi connectivity index (χ1n) is 5.18. The second-order valence-electron chi connectivity index (χ2n) is 4.52. The number of aliphatic hydroxyl groups is 1. The normalized spacial score (nSPS) is 13.1. The SMILES string of the molecule is CN(C(C)(C)CO)S(=O)(=O)c1ccc(F)c(F)c1. The van der Waals surface area contributed by atoms with E-state index in [4.69, 9.17) is 5.11 Å². The van der Waals surface area contributed by atoms with E-state index in [1.807, 2.05) is 0 Å². The van der Waals surface area contributed by atoms with Crippen molar-refractivity contribution in [1.29, 1.82) is 0 Å². The van der Waals surface area contributed by atoms with Crippen molar-refractivity contribution < 1.29 is 22.3 Å². The third-order valence-corrected chi connectivity index (χ3v) is 4.85. The Bertz CT molecular complexity index is 543. The zero-order valence-corrected chi connectivity index (χ0v) is 11.1. The van der Waals surface area contributed by atoms with Crippen molar-refractivity contribution in [1.82, 2.24) is 4.31 Å². The summed E-state index contributed by atoms with van der Waals surface area (Å²) in [4.78, 5) is -0.356. The van der Waals surface area contributed by atoms with E-state index in [1.165, 1.54) is 20.9 Å². The predicted octanol–water partition coefficient (Wildman–Crippen LogP) is 1.36. The zero-order chi connectivity index (χ0) is 14.1. The second kappa shape index (κ2) is 4.91. The molecule has 0 heterocycles. The van der Waals surface area contributed by atoms with Crippen LogP contribution < -0.4 is 0 Å². The van der Waals surface area contributed by atoms with Crippen molar-refractivity contribution in [3.05, 3.63) is 29.8 Å². The van der Waals surface area contributed by atoms with Crippen LogP contribution in [0.1, 0.15) is 13.8 Å². The highest BCUT2D eigenvalue weighted by molar-refractivity contribution is 7.89. The van der Waals surface area contributed by atoms with Gasteiger partial charge in [-0.3, -0.25) is 0 Å². The van der Waals surface area contributed by atoms with Gasteiger partial charge in [-0.15, -0.1) is 0 Å². The Kier molecular flexibility index (Phi) is 4.09. The van der Waals surface area contributed by atoms with Gasteiger partial charge in [0, 0.05) is 7.05 Å². The quantitative estimate of drug-likeness (QED) is 0.905. The molecule has 0 aliphatic heterocycles. The fourth-order valence-corrected chi connectivity index (χ4v) is 2.74. The van der Waals surface area contributed by atoms with Gasteiger partial charge in [0.15, 0.2) is 11.6 Å². The van der Waals surface area contributed by atoms with Crippen LogP contribution in [0.4, 0.5) is 8.78 Å². The lowest BCUT2D eigenvalue weighted by molar-refractivity contribution is 0.138. The van der Waals surface area contributed by atoms with Gasteiger partial charge in [0.1, 0.15) is 0 Å². The number of sulfonamides is 1. The van der Waals surface area contributed by atoms with E-state index in [2.05, 4.69) is 0 Å². The van der Waals surface area contributed by atoms with Crippen molar-refractivity contribution in [2.75, 3.05) is 13.7 Å². The van der Waals surface area contributed by atoms with Crippen molar-refractivity contribution in [3.63, 3.8) is 0 Å². The van der Waals surface area contributed by atoms with E-state index >= 15 is 0 Å². The molecule has 0 unspecified atom stereocenters. The van der Waals surface area contributed by atoms with E-state index in [-0.39, 0.29) is 4.90 Å². The van der Waals surface area contributed by atoms with Crippen LogP contribution in [0, 0.1) is 11.6 Å². The molecule has 7 heteroatoms. The van der Waals surface area contributed by atoms with E-state index in [1.54, 1.807) is 0 Å². The number of rotatable bonds is 4. The largest absolute Gasteiger partial charge is 0.394 e. The van der Waals surface area contributed by atoms with Crippen molar-refractivity contribution in [2.45, 2.75) is 24.3 Å². The highest BCUT2D eigenvalue weighted by Crippen LogP contribution is 2.23. The fraction of sp³-hybridized carbons (Fsp3) is 0.455. The molecule has 0 bridgehead atoms. The van der Waals surface area contributed by atoms with E-state index in [9.17, 15) is 17.2 Å². The third kappa shape index (κ3) is 2.68. The van der Waals surface area contributed by atoms with Gasteiger partial charge >= 0.3 is 0 Å².